The standard InChI is InChI=1S/C7H8O.C5H11NO/c8-6-7-4-2-1-3-5-7;6-5-1-3-7-4-2-5/h1-5,8H,6H2;5H,1-4,6H2. The van der Waals surface area contributed by atoms with Gasteiger partial charge in [-0.3, -0.25) is 0 Å². The van der Waals surface area contributed by atoms with Crippen molar-refractivity contribution in [3.63, 3.8) is 0 Å². The second-order valence-corrected chi connectivity index (χ2v) is 3.59. The molecule has 1 fully saturated rings. The number of hydrogen-bond donors (Lipinski definition) is 2. The van der Waals surface area contributed by atoms with Crippen LogP contribution in [-0.2, 0) is 11.3 Å². The number of rotatable bonds is 1. The lowest BCUT2D eigenvalue weighted by atomic mass is 10.1. The normalized spacial score (nSPS) is 16.7. The Morgan fingerprint density at radius 3 is 2.13 bits per heavy atom. The Hall–Kier alpha value is -0.900. The fourth-order valence-electron chi connectivity index (χ4n) is 1.30. The summed E-state index contributed by atoms with van der Waals surface area (Å²) in [5.74, 6) is 0. The van der Waals surface area contributed by atoms with E-state index in [0.717, 1.165) is 31.6 Å². The van der Waals surface area contributed by atoms with Crippen LogP contribution in [-0.4, -0.2) is 24.4 Å². The zero-order chi connectivity index (χ0) is 10.9. The number of nitrogens with two attached hydrogens (primary N) is 1. The molecule has 1 aromatic carbocycles. The van der Waals surface area contributed by atoms with Gasteiger partial charge >= 0.3 is 0 Å². The number of aliphatic hydroxyl groups is 1. The first-order chi connectivity index (χ1) is 7.33. The molecule has 0 aliphatic carbocycles. The average Bonchev–Trinajstić information content (AvgIpc) is 2.32. The van der Waals surface area contributed by atoms with Crippen LogP contribution in [0.3, 0.4) is 0 Å². The molecular weight excluding hydrogens is 190 g/mol. The lowest BCUT2D eigenvalue weighted by Gasteiger charge is -2.16. The zero-order valence-corrected chi connectivity index (χ0v) is 8.93. The van der Waals surface area contributed by atoms with Crippen molar-refractivity contribution in [2.75, 3.05) is 13.2 Å². The Bertz CT molecular complexity index is 245. The van der Waals surface area contributed by atoms with Crippen molar-refractivity contribution in [2.24, 2.45) is 5.73 Å². The van der Waals surface area contributed by atoms with Crippen LogP contribution in [0, 0.1) is 0 Å². The monoisotopic (exact) mass is 209 g/mol. The predicted octanol–water partition coefficient (Wildman–Crippen LogP) is 1.30. The molecule has 0 saturated carbocycles. The van der Waals surface area contributed by atoms with Crippen LogP contribution >= 0.6 is 0 Å². The molecule has 1 heterocycles. The molecule has 0 aromatic heterocycles. The summed E-state index contributed by atoms with van der Waals surface area (Å²) >= 11 is 0. The summed E-state index contributed by atoms with van der Waals surface area (Å²) in [6.45, 7) is 1.86. The molecule has 0 bridgehead atoms. The van der Waals surface area contributed by atoms with Gasteiger partial charge < -0.3 is 15.6 Å². The van der Waals surface area contributed by atoms with Crippen LogP contribution in [0.5, 0.6) is 0 Å². The van der Waals surface area contributed by atoms with Crippen molar-refractivity contribution in [2.45, 2.75) is 25.5 Å². The smallest absolute Gasteiger partial charge is 0.0681 e. The summed E-state index contributed by atoms with van der Waals surface area (Å²) in [5.41, 5.74) is 6.52. The van der Waals surface area contributed by atoms with E-state index in [1.807, 2.05) is 30.3 Å². The van der Waals surface area contributed by atoms with Gasteiger partial charge in [0.25, 0.3) is 0 Å². The van der Waals surface area contributed by atoms with Crippen LogP contribution in [0.1, 0.15) is 18.4 Å². The van der Waals surface area contributed by atoms with Crippen molar-refractivity contribution >= 4 is 0 Å². The molecule has 3 heteroatoms. The molecule has 1 aromatic rings. The molecule has 0 radical (unpaired) electrons. The van der Waals surface area contributed by atoms with Gasteiger partial charge in [0.05, 0.1) is 6.61 Å². The highest BCUT2D eigenvalue weighted by molar-refractivity contribution is 5.12. The third kappa shape index (κ3) is 5.52. The van der Waals surface area contributed by atoms with Gasteiger partial charge in [-0.2, -0.15) is 0 Å². The number of ether oxygens (including phenoxy) is 1. The second kappa shape index (κ2) is 7.40. The van der Waals surface area contributed by atoms with E-state index < -0.39 is 0 Å². The lowest BCUT2D eigenvalue weighted by Crippen LogP contribution is -2.28. The van der Waals surface area contributed by atoms with Crippen LogP contribution in [0.15, 0.2) is 30.3 Å². The van der Waals surface area contributed by atoms with E-state index >= 15 is 0 Å². The average molecular weight is 209 g/mol. The van der Waals surface area contributed by atoms with Gasteiger partial charge in [-0.05, 0) is 18.4 Å². The van der Waals surface area contributed by atoms with Crippen LogP contribution in [0.2, 0.25) is 0 Å². The van der Waals surface area contributed by atoms with Gasteiger partial charge in [0.2, 0.25) is 0 Å². The lowest BCUT2D eigenvalue weighted by molar-refractivity contribution is 0.0866. The Kier molecular flexibility index (Phi) is 6.00. The molecule has 0 unspecified atom stereocenters. The minimum atomic E-state index is 0.140. The van der Waals surface area contributed by atoms with Gasteiger partial charge in [0.15, 0.2) is 0 Å². The van der Waals surface area contributed by atoms with Crippen molar-refractivity contribution < 1.29 is 9.84 Å². The maximum atomic E-state index is 8.54. The maximum absolute atomic E-state index is 8.54. The molecule has 84 valence electrons. The molecule has 3 nitrogen and oxygen atoms in total. The van der Waals surface area contributed by atoms with Crippen LogP contribution < -0.4 is 5.73 Å². The number of hydrogen-bond acceptors (Lipinski definition) is 3. The van der Waals surface area contributed by atoms with E-state index in [9.17, 15) is 0 Å². The van der Waals surface area contributed by atoms with Gasteiger partial charge in [-0.25, -0.2) is 0 Å². The fraction of sp³-hybridized carbons (Fsp3) is 0.500. The van der Waals surface area contributed by atoms with Gasteiger partial charge in [0.1, 0.15) is 0 Å². The first kappa shape index (κ1) is 12.2. The van der Waals surface area contributed by atoms with Crippen molar-refractivity contribution in [3.8, 4) is 0 Å². The molecule has 3 N–H and O–H groups in total. The maximum Gasteiger partial charge on any atom is 0.0681 e. The third-order valence-electron chi connectivity index (χ3n) is 2.29. The highest BCUT2D eigenvalue weighted by Gasteiger charge is 2.06. The van der Waals surface area contributed by atoms with Crippen molar-refractivity contribution in [1.82, 2.24) is 0 Å². The van der Waals surface area contributed by atoms with Crippen molar-refractivity contribution in [1.29, 1.82) is 0 Å². The quantitative estimate of drug-likeness (QED) is 0.733. The van der Waals surface area contributed by atoms with Gasteiger partial charge in [0, 0.05) is 19.3 Å². The largest absolute Gasteiger partial charge is 0.392 e. The molecule has 0 atom stereocenters. The highest BCUT2D eigenvalue weighted by Crippen LogP contribution is 2.01. The minimum Gasteiger partial charge on any atom is -0.392 e. The zero-order valence-electron chi connectivity index (χ0n) is 8.93. The summed E-state index contributed by atoms with van der Waals surface area (Å²) < 4.78 is 5.06. The van der Waals surface area contributed by atoms with E-state index in [4.69, 9.17) is 15.6 Å². The summed E-state index contributed by atoms with van der Waals surface area (Å²) in [4.78, 5) is 0. The molecule has 2 rings (SSSR count). The van der Waals surface area contributed by atoms with Gasteiger partial charge in [-0.15, -0.1) is 0 Å². The van der Waals surface area contributed by atoms with Gasteiger partial charge in [-0.1, -0.05) is 30.3 Å². The molecule has 0 spiro atoms. The first-order valence-electron chi connectivity index (χ1n) is 5.31. The molecule has 1 saturated heterocycles. The molecular formula is C12H19NO2. The Balaban J connectivity index is 0.000000151. The second-order valence-electron chi connectivity index (χ2n) is 3.59. The molecule has 1 aliphatic rings. The predicted molar refractivity (Wildman–Crippen MR) is 60.4 cm³/mol. The molecule has 1 aliphatic heterocycles. The topological polar surface area (TPSA) is 55.5 Å². The van der Waals surface area contributed by atoms with E-state index in [1.165, 1.54) is 0 Å². The summed E-state index contributed by atoms with van der Waals surface area (Å²) in [6, 6.07) is 9.93. The molecule has 15 heavy (non-hydrogen) atoms. The van der Waals surface area contributed by atoms with E-state index in [1.54, 1.807) is 0 Å². The summed E-state index contributed by atoms with van der Waals surface area (Å²) in [6.07, 6.45) is 2.08. The summed E-state index contributed by atoms with van der Waals surface area (Å²) in [5, 5.41) is 8.54. The van der Waals surface area contributed by atoms with Crippen molar-refractivity contribution in [3.05, 3.63) is 35.9 Å². The Morgan fingerprint density at radius 2 is 1.80 bits per heavy atom. The van der Waals surface area contributed by atoms with E-state index in [-0.39, 0.29) is 6.61 Å². The van der Waals surface area contributed by atoms with E-state index in [0.29, 0.717) is 6.04 Å². The fourth-order valence-corrected chi connectivity index (χ4v) is 1.30. The Morgan fingerprint density at radius 1 is 1.20 bits per heavy atom. The van der Waals surface area contributed by atoms with Crippen LogP contribution in [0.4, 0.5) is 0 Å². The number of aliphatic hydroxyl groups excluding tert-OH is 1. The van der Waals surface area contributed by atoms with Crippen LogP contribution in [0.25, 0.3) is 0 Å². The third-order valence-corrected chi connectivity index (χ3v) is 2.29. The minimum absolute atomic E-state index is 0.140. The molecule has 0 amide bonds. The summed E-state index contributed by atoms with van der Waals surface area (Å²) in [7, 11) is 0. The van der Waals surface area contributed by atoms with E-state index in [2.05, 4.69) is 0 Å². The Labute approximate surface area is 90.9 Å². The SMILES string of the molecule is NC1CCOCC1.OCc1ccccc1. The number of benzene rings is 1. The first-order valence-corrected chi connectivity index (χ1v) is 5.31. The highest BCUT2D eigenvalue weighted by atomic mass is 16.5.